The van der Waals surface area contributed by atoms with Crippen LogP contribution >= 0.6 is 0 Å². The van der Waals surface area contributed by atoms with E-state index in [0.29, 0.717) is 11.3 Å². The largest absolute Gasteiger partial charge is 0.382 e. The van der Waals surface area contributed by atoms with Gasteiger partial charge in [0.25, 0.3) is 5.91 Å². The fraction of sp³-hybridized carbons (Fsp3) is 0.222. The number of pyridine rings is 1. The molecule has 1 heterocycles. The Hall–Kier alpha value is -1.91. The van der Waals surface area contributed by atoms with Crippen LogP contribution in [-0.2, 0) is 0 Å². The zero-order chi connectivity index (χ0) is 10.7. The topological polar surface area (TPSA) is 83.1 Å². The normalized spacial score (nSPS) is 9.57. The van der Waals surface area contributed by atoms with E-state index < -0.39 is 0 Å². The lowest BCUT2D eigenvalue weighted by atomic mass is 10.2. The Labute approximate surface area is 82.1 Å². The fourth-order valence-corrected chi connectivity index (χ4v) is 0.938. The van der Waals surface area contributed by atoms with E-state index in [0.717, 1.165) is 0 Å². The molecule has 1 aromatic heterocycles. The molecular formula is C9H12N4O. The van der Waals surface area contributed by atoms with Crippen LogP contribution < -0.4 is 5.73 Å². The number of nitrogens with two attached hydrogens (primary N) is 1. The van der Waals surface area contributed by atoms with Gasteiger partial charge in [-0.15, -0.1) is 0 Å². The number of nitrogens with one attached hydrogen (secondary N) is 1. The van der Waals surface area contributed by atoms with Crippen LogP contribution in [-0.4, -0.2) is 35.7 Å². The Balaban J connectivity index is 2.94. The van der Waals surface area contributed by atoms with Crippen molar-refractivity contribution in [1.82, 2.24) is 9.88 Å². The van der Waals surface area contributed by atoms with E-state index in [-0.39, 0.29) is 11.7 Å². The van der Waals surface area contributed by atoms with E-state index in [9.17, 15) is 4.79 Å². The number of rotatable bonds is 2. The van der Waals surface area contributed by atoms with Crippen LogP contribution in [0.15, 0.2) is 18.3 Å². The summed E-state index contributed by atoms with van der Waals surface area (Å²) in [5.74, 6) is -0.221. The van der Waals surface area contributed by atoms with Gasteiger partial charge in [-0.1, -0.05) is 0 Å². The Morgan fingerprint density at radius 2 is 2.14 bits per heavy atom. The number of carbonyl (C=O) groups is 1. The minimum absolute atomic E-state index is 0.103. The lowest BCUT2D eigenvalue weighted by Crippen LogP contribution is -2.22. The molecule has 5 nitrogen and oxygen atoms in total. The number of aromatic nitrogens is 1. The van der Waals surface area contributed by atoms with E-state index in [2.05, 4.69) is 4.98 Å². The van der Waals surface area contributed by atoms with Crippen molar-refractivity contribution in [3.8, 4) is 0 Å². The van der Waals surface area contributed by atoms with Crippen LogP contribution in [0.3, 0.4) is 0 Å². The number of hydrogen-bond donors (Lipinski definition) is 2. The molecule has 3 N–H and O–H groups in total. The van der Waals surface area contributed by atoms with Crippen LogP contribution in [0.25, 0.3) is 0 Å². The summed E-state index contributed by atoms with van der Waals surface area (Å²) < 4.78 is 0. The second kappa shape index (κ2) is 3.87. The standard InChI is InChI=1S/C9H12N4O/c1-13(2)9(14)6-3-4-7(8(10)11)12-5-6/h3-5H,1-2H3,(H3,10,11). The van der Waals surface area contributed by atoms with Gasteiger partial charge in [-0.2, -0.15) is 0 Å². The average molecular weight is 192 g/mol. The van der Waals surface area contributed by atoms with Gasteiger partial charge < -0.3 is 10.6 Å². The SMILES string of the molecule is CN(C)C(=O)c1ccc(C(=N)N)nc1. The number of amidine groups is 1. The van der Waals surface area contributed by atoms with Gasteiger partial charge in [0.15, 0.2) is 0 Å². The molecule has 0 aliphatic rings. The Bertz CT molecular complexity index is 356. The molecule has 0 aliphatic carbocycles. The summed E-state index contributed by atoms with van der Waals surface area (Å²) in [6.07, 6.45) is 1.42. The predicted octanol–water partition coefficient (Wildman–Crippen LogP) is 0.0675. The third kappa shape index (κ3) is 2.07. The van der Waals surface area contributed by atoms with Gasteiger partial charge in [0, 0.05) is 20.3 Å². The molecule has 14 heavy (non-hydrogen) atoms. The quantitative estimate of drug-likeness (QED) is 0.513. The van der Waals surface area contributed by atoms with E-state index in [1.807, 2.05) is 0 Å². The third-order valence-corrected chi connectivity index (χ3v) is 1.69. The van der Waals surface area contributed by atoms with Crippen LogP contribution in [0.5, 0.6) is 0 Å². The number of hydrogen-bond acceptors (Lipinski definition) is 3. The van der Waals surface area contributed by atoms with E-state index in [4.69, 9.17) is 11.1 Å². The van der Waals surface area contributed by atoms with Crippen molar-refractivity contribution < 1.29 is 4.79 Å². The van der Waals surface area contributed by atoms with E-state index >= 15 is 0 Å². The van der Waals surface area contributed by atoms with Crippen molar-refractivity contribution in [2.24, 2.45) is 5.73 Å². The summed E-state index contributed by atoms with van der Waals surface area (Å²) in [5.41, 5.74) is 6.09. The van der Waals surface area contributed by atoms with E-state index in [1.165, 1.54) is 11.1 Å². The van der Waals surface area contributed by atoms with Crippen LogP contribution in [0.2, 0.25) is 0 Å². The molecule has 0 saturated carbocycles. The van der Waals surface area contributed by atoms with Gasteiger partial charge in [-0.05, 0) is 12.1 Å². The molecule has 0 fully saturated rings. The molecule has 0 radical (unpaired) electrons. The molecular weight excluding hydrogens is 180 g/mol. The van der Waals surface area contributed by atoms with Crippen molar-refractivity contribution >= 4 is 11.7 Å². The lowest BCUT2D eigenvalue weighted by Gasteiger charge is -2.09. The number of nitrogen functional groups attached to an aromatic ring is 1. The summed E-state index contributed by atoms with van der Waals surface area (Å²) in [7, 11) is 3.34. The van der Waals surface area contributed by atoms with Gasteiger partial charge in [0.05, 0.1) is 5.56 Å². The highest BCUT2D eigenvalue weighted by Gasteiger charge is 2.08. The van der Waals surface area contributed by atoms with Crippen LogP contribution in [0, 0.1) is 5.41 Å². The molecule has 1 amide bonds. The van der Waals surface area contributed by atoms with Gasteiger partial charge in [-0.25, -0.2) is 0 Å². The third-order valence-electron chi connectivity index (χ3n) is 1.69. The summed E-state index contributed by atoms with van der Waals surface area (Å²) in [6, 6.07) is 3.16. The second-order valence-electron chi connectivity index (χ2n) is 3.05. The summed E-state index contributed by atoms with van der Waals surface area (Å²) in [6.45, 7) is 0. The number of carbonyl (C=O) groups excluding carboxylic acids is 1. The first-order valence-corrected chi connectivity index (χ1v) is 4.04. The zero-order valence-corrected chi connectivity index (χ0v) is 8.11. The molecule has 0 aliphatic heterocycles. The Kier molecular flexibility index (Phi) is 2.81. The highest BCUT2D eigenvalue weighted by molar-refractivity contribution is 5.96. The Morgan fingerprint density at radius 3 is 2.50 bits per heavy atom. The minimum Gasteiger partial charge on any atom is -0.382 e. The first kappa shape index (κ1) is 10.2. The van der Waals surface area contributed by atoms with Crippen LogP contribution in [0.1, 0.15) is 16.1 Å². The highest BCUT2D eigenvalue weighted by atomic mass is 16.2. The average Bonchev–Trinajstić information content (AvgIpc) is 2.16. The molecule has 0 bridgehead atoms. The molecule has 1 rings (SSSR count). The maximum atomic E-state index is 11.4. The molecule has 0 saturated heterocycles. The van der Waals surface area contributed by atoms with E-state index in [1.54, 1.807) is 26.2 Å². The molecule has 74 valence electrons. The van der Waals surface area contributed by atoms with Gasteiger partial charge in [0.2, 0.25) is 0 Å². The molecule has 0 spiro atoms. The maximum absolute atomic E-state index is 11.4. The fourth-order valence-electron chi connectivity index (χ4n) is 0.938. The van der Waals surface area contributed by atoms with Crippen LogP contribution in [0.4, 0.5) is 0 Å². The van der Waals surface area contributed by atoms with Gasteiger partial charge in [-0.3, -0.25) is 15.2 Å². The maximum Gasteiger partial charge on any atom is 0.254 e. The van der Waals surface area contributed by atoms with Gasteiger partial charge in [0.1, 0.15) is 11.5 Å². The molecule has 0 aromatic carbocycles. The molecule has 5 heteroatoms. The summed E-state index contributed by atoms with van der Waals surface area (Å²) >= 11 is 0. The minimum atomic E-state index is -0.118. The summed E-state index contributed by atoms with van der Waals surface area (Å²) in [5, 5.41) is 7.12. The predicted molar refractivity (Wildman–Crippen MR) is 53.3 cm³/mol. The smallest absolute Gasteiger partial charge is 0.254 e. The molecule has 1 aromatic rings. The zero-order valence-electron chi connectivity index (χ0n) is 8.11. The highest BCUT2D eigenvalue weighted by Crippen LogP contribution is 2.02. The first-order valence-electron chi connectivity index (χ1n) is 4.04. The molecule has 0 unspecified atom stereocenters. The van der Waals surface area contributed by atoms with Crippen molar-refractivity contribution in [3.63, 3.8) is 0 Å². The number of amides is 1. The van der Waals surface area contributed by atoms with Gasteiger partial charge >= 0.3 is 0 Å². The van der Waals surface area contributed by atoms with Crippen molar-refractivity contribution in [1.29, 1.82) is 5.41 Å². The second-order valence-corrected chi connectivity index (χ2v) is 3.05. The van der Waals surface area contributed by atoms with Crippen molar-refractivity contribution in [3.05, 3.63) is 29.6 Å². The summed E-state index contributed by atoms with van der Waals surface area (Å²) in [4.78, 5) is 16.8. The Morgan fingerprint density at radius 1 is 1.50 bits per heavy atom. The van der Waals surface area contributed by atoms with Crippen molar-refractivity contribution in [2.75, 3.05) is 14.1 Å². The molecule has 0 atom stereocenters. The van der Waals surface area contributed by atoms with Crippen molar-refractivity contribution in [2.45, 2.75) is 0 Å². The number of nitrogens with zero attached hydrogens (tertiary/aromatic N) is 2. The lowest BCUT2D eigenvalue weighted by molar-refractivity contribution is 0.0827. The first-order chi connectivity index (χ1) is 6.52. The monoisotopic (exact) mass is 192 g/mol.